The number of anilines is 2. The number of carbonyl (C=O) groups is 2. The van der Waals surface area contributed by atoms with Crippen molar-refractivity contribution in [1.82, 2.24) is 5.32 Å². The van der Waals surface area contributed by atoms with Crippen molar-refractivity contribution in [2.75, 3.05) is 10.2 Å². The second kappa shape index (κ2) is 7.20. The lowest BCUT2D eigenvalue weighted by Gasteiger charge is -2.30. The van der Waals surface area contributed by atoms with Crippen LogP contribution in [0, 0.1) is 0 Å². The molecule has 2 aromatic rings. The molecule has 3 rings (SSSR count). The molecule has 1 heterocycles. The first-order valence-corrected chi connectivity index (χ1v) is 8.88. The number of fused-ring (bicyclic) bond motifs is 1. The van der Waals surface area contributed by atoms with Gasteiger partial charge in [0.2, 0.25) is 5.91 Å². The summed E-state index contributed by atoms with van der Waals surface area (Å²) in [6.07, 6.45) is 1.17. The van der Waals surface area contributed by atoms with Crippen molar-refractivity contribution in [2.24, 2.45) is 0 Å². The number of hydrogen-bond donors (Lipinski definition) is 2. The van der Waals surface area contributed by atoms with Gasteiger partial charge in [0.25, 0.3) is 0 Å². The van der Waals surface area contributed by atoms with Crippen molar-refractivity contribution < 1.29 is 9.59 Å². The Labute approximate surface area is 154 Å². The third kappa shape index (κ3) is 4.42. The van der Waals surface area contributed by atoms with E-state index in [1.165, 1.54) is 0 Å². The molecule has 5 nitrogen and oxygen atoms in total. The van der Waals surface area contributed by atoms with Crippen LogP contribution < -0.4 is 15.5 Å². The van der Waals surface area contributed by atoms with Gasteiger partial charge in [-0.25, -0.2) is 4.79 Å². The standard InChI is InChI=1S/C21H25N3O2/c1-21(2,3)23-20(26)22-17-10-11-18-16(13-17)9-12-19(25)24(18)14-15-7-5-4-6-8-15/h4-8,10-11,13H,9,12,14H2,1-3H3,(H2,22,23,26). The molecule has 1 aliphatic heterocycles. The number of nitrogens with one attached hydrogen (secondary N) is 2. The average molecular weight is 351 g/mol. The first-order chi connectivity index (χ1) is 12.3. The molecule has 0 spiro atoms. The zero-order valence-corrected chi connectivity index (χ0v) is 15.5. The lowest BCUT2D eigenvalue weighted by molar-refractivity contribution is -0.119. The zero-order chi connectivity index (χ0) is 18.7. The maximum Gasteiger partial charge on any atom is 0.319 e. The maximum absolute atomic E-state index is 12.4. The molecule has 0 aromatic heterocycles. The Balaban J connectivity index is 1.78. The lowest BCUT2D eigenvalue weighted by atomic mass is 9.99. The van der Waals surface area contributed by atoms with Gasteiger partial charge in [0.05, 0.1) is 6.54 Å². The molecule has 0 bridgehead atoms. The molecule has 0 saturated carbocycles. The van der Waals surface area contributed by atoms with Crippen molar-refractivity contribution in [1.29, 1.82) is 0 Å². The van der Waals surface area contributed by atoms with Gasteiger partial charge in [-0.15, -0.1) is 0 Å². The van der Waals surface area contributed by atoms with E-state index in [9.17, 15) is 9.59 Å². The van der Waals surface area contributed by atoms with E-state index in [1.807, 2.05) is 74.2 Å². The molecule has 2 aromatic carbocycles. The van der Waals surface area contributed by atoms with E-state index in [0.717, 1.165) is 22.5 Å². The fourth-order valence-corrected chi connectivity index (χ4v) is 3.08. The third-order valence-corrected chi connectivity index (χ3v) is 4.21. The minimum atomic E-state index is -0.294. The number of rotatable bonds is 3. The second-order valence-corrected chi connectivity index (χ2v) is 7.64. The SMILES string of the molecule is CC(C)(C)NC(=O)Nc1ccc2c(c1)CCC(=O)N2Cc1ccccc1. The van der Waals surface area contributed by atoms with Crippen LogP contribution in [0.2, 0.25) is 0 Å². The molecule has 26 heavy (non-hydrogen) atoms. The summed E-state index contributed by atoms with van der Waals surface area (Å²) in [6, 6.07) is 15.5. The number of hydrogen-bond acceptors (Lipinski definition) is 2. The van der Waals surface area contributed by atoms with E-state index >= 15 is 0 Å². The number of urea groups is 1. The third-order valence-electron chi connectivity index (χ3n) is 4.21. The van der Waals surface area contributed by atoms with Gasteiger partial charge in [0.15, 0.2) is 0 Å². The summed E-state index contributed by atoms with van der Waals surface area (Å²) in [5.74, 6) is 0.132. The van der Waals surface area contributed by atoms with Crippen LogP contribution >= 0.6 is 0 Å². The molecule has 0 fully saturated rings. The molecule has 0 radical (unpaired) electrons. The summed E-state index contributed by atoms with van der Waals surface area (Å²) in [5.41, 5.74) is 3.54. The van der Waals surface area contributed by atoms with E-state index in [4.69, 9.17) is 0 Å². The van der Waals surface area contributed by atoms with Gasteiger partial charge in [-0.1, -0.05) is 30.3 Å². The van der Waals surface area contributed by atoms with Crippen LogP contribution in [-0.4, -0.2) is 17.5 Å². The highest BCUT2D eigenvalue weighted by Gasteiger charge is 2.24. The Morgan fingerprint density at radius 3 is 2.50 bits per heavy atom. The number of amides is 3. The largest absolute Gasteiger partial charge is 0.333 e. The van der Waals surface area contributed by atoms with E-state index in [-0.39, 0.29) is 17.5 Å². The summed E-state index contributed by atoms with van der Waals surface area (Å²) >= 11 is 0. The summed E-state index contributed by atoms with van der Waals surface area (Å²) < 4.78 is 0. The smallest absolute Gasteiger partial charge is 0.319 e. The van der Waals surface area contributed by atoms with Gasteiger partial charge in [-0.2, -0.15) is 0 Å². The van der Waals surface area contributed by atoms with Crippen LogP contribution in [0.25, 0.3) is 0 Å². The van der Waals surface area contributed by atoms with Crippen molar-refractivity contribution in [2.45, 2.75) is 45.7 Å². The van der Waals surface area contributed by atoms with Crippen LogP contribution in [-0.2, 0) is 17.8 Å². The van der Waals surface area contributed by atoms with Crippen molar-refractivity contribution >= 4 is 23.3 Å². The fraction of sp³-hybridized carbons (Fsp3) is 0.333. The van der Waals surface area contributed by atoms with E-state index in [1.54, 1.807) is 0 Å². The summed E-state index contributed by atoms with van der Waals surface area (Å²) in [7, 11) is 0. The number of benzene rings is 2. The molecule has 0 atom stereocenters. The summed E-state index contributed by atoms with van der Waals surface area (Å²) in [5, 5.41) is 5.75. The predicted octanol–water partition coefficient (Wildman–Crippen LogP) is 4.09. The Morgan fingerprint density at radius 2 is 1.81 bits per heavy atom. The Kier molecular flexibility index (Phi) is 4.98. The monoisotopic (exact) mass is 351 g/mol. The molecule has 0 aliphatic carbocycles. The number of nitrogens with zero attached hydrogens (tertiary/aromatic N) is 1. The molecule has 136 valence electrons. The lowest BCUT2D eigenvalue weighted by Crippen LogP contribution is -2.43. The van der Waals surface area contributed by atoms with Gasteiger partial charge in [-0.05, 0) is 56.5 Å². The van der Waals surface area contributed by atoms with Crippen LogP contribution in [0.15, 0.2) is 48.5 Å². The van der Waals surface area contributed by atoms with E-state index < -0.39 is 0 Å². The van der Waals surface area contributed by atoms with Crippen molar-refractivity contribution in [3.05, 3.63) is 59.7 Å². The highest BCUT2D eigenvalue weighted by Crippen LogP contribution is 2.31. The predicted molar refractivity (Wildman–Crippen MR) is 104 cm³/mol. The Hall–Kier alpha value is -2.82. The molecule has 0 saturated heterocycles. The van der Waals surface area contributed by atoms with Gasteiger partial charge in [-0.3, -0.25) is 4.79 Å². The minimum absolute atomic E-state index is 0.132. The van der Waals surface area contributed by atoms with Crippen LogP contribution in [0.1, 0.15) is 38.3 Å². The maximum atomic E-state index is 12.4. The van der Waals surface area contributed by atoms with Gasteiger partial charge in [0, 0.05) is 23.3 Å². The second-order valence-electron chi connectivity index (χ2n) is 7.64. The summed E-state index contributed by atoms with van der Waals surface area (Å²) in [6.45, 7) is 6.37. The Morgan fingerprint density at radius 1 is 1.08 bits per heavy atom. The van der Waals surface area contributed by atoms with Crippen LogP contribution in [0.3, 0.4) is 0 Å². The number of aryl methyl sites for hydroxylation is 1. The molecule has 3 amide bonds. The van der Waals surface area contributed by atoms with Gasteiger partial charge < -0.3 is 15.5 Å². The van der Waals surface area contributed by atoms with Gasteiger partial charge in [0.1, 0.15) is 0 Å². The fourth-order valence-electron chi connectivity index (χ4n) is 3.08. The molecular weight excluding hydrogens is 326 g/mol. The molecule has 5 heteroatoms. The molecular formula is C21H25N3O2. The molecule has 2 N–H and O–H groups in total. The topological polar surface area (TPSA) is 61.4 Å². The molecule has 1 aliphatic rings. The highest BCUT2D eigenvalue weighted by molar-refractivity contribution is 5.97. The number of carbonyl (C=O) groups excluding carboxylic acids is 2. The summed E-state index contributed by atoms with van der Waals surface area (Å²) in [4.78, 5) is 26.3. The van der Waals surface area contributed by atoms with Crippen molar-refractivity contribution in [3.8, 4) is 0 Å². The first-order valence-electron chi connectivity index (χ1n) is 8.88. The van der Waals surface area contributed by atoms with Gasteiger partial charge >= 0.3 is 6.03 Å². The highest BCUT2D eigenvalue weighted by atomic mass is 16.2. The first kappa shape index (κ1) is 18.0. The molecule has 0 unspecified atom stereocenters. The quantitative estimate of drug-likeness (QED) is 0.875. The minimum Gasteiger partial charge on any atom is -0.333 e. The Bertz CT molecular complexity index is 810. The van der Waals surface area contributed by atoms with Crippen molar-refractivity contribution in [3.63, 3.8) is 0 Å². The van der Waals surface area contributed by atoms with Crippen LogP contribution in [0.4, 0.5) is 16.2 Å². The normalized spacial score (nSPS) is 14.0. The van der Waals surface area contributed by atoms with E-state index in [0.29, 0.717) is 19.4 Å². The zero-order valence-electron chi connectivity index (χ0n) is 15.5. The van der Waals surface area contributed by atoms with E-state index in [2.05, 4.69) is 10.6 Å². The average Bonchev–Trinajstić information content (AvgIpc) is 2.56. The van der Waals surface area contributed by atoms with Crippen LogP contribution in [0.5, 0.6) is 0 Å².